The number of nitrogens with zero attached hydrogens (tertiary/aromatic N) is 3. The molecule has 0 spiro atoms. The van der Waals surface area contributed by atoms with E-state index in [0.29, 0.717) is 12.0 Å². The molecule has 2 heterocycles. The molecule has 82 valence electrons. The molecule has 1 aliphatic heterocycles. The standard InChI is InChI=1S/C10H15FN4/c1-15-4-2-9(3-5-15)14-10-12-6-8(11)7-13-10/h6-7,9H,2-5H2,1H3,(H,12,13,14). The number of nitrogens with one attached hydrogen (secondary N) is 1. The second-order valence-electron chi connectivity index (χ2n) is 3.95. The minimum atomic E-state index is -0.399. The average molecular weight is 210 g/mol. The van der Waals surface area contributed by atoms with E-state index in [9.17, 15) is 4.39 Å². The fourth-order valence-corrected chi connectivity index (χ4v) is 1.72. The van der Waals surface area contributed by atoms with Gasteiger partial charge in [0.1, 0.15) is 0 Å². The molecule has 5 heteroatoms. The molecule has 4 nitrogen and oxygen atoms in total. The molecule has 0 aromatic carbocycles. The van der Waals surface area contributed by atoms with Gasteiger partial charge in [0, 0.05) is 6.04 Å². The summed E-state index contributed by atoms with van der Waals surface area (Å²) in [4.78, 5) is 10.1. The summed E-state index contributed by atoms with van der Waals surface area (Å²) >= 11 is 0. The van der Waals surface area contributed by atoms with E-state index in [0.717, 1.165) is 25.9 Å². The van der Waals surface area contributed by atoms with Gasteiger partial charge in [-0.1, -0.05) is 0 Å². The minimum Gasteiger partial charge on any atom is -0.351 e. The van der Waals surface area contributed by atoms with Crippen molar-refractivity contribution in [1.29, 1.82) is 0 Å². The molecular weight excluding hydrogens is 195 g/mol. The van der Waals surface area contributed by atoms with Crippen LogP contribution in [0.3, 0.4) is 0 Å². The monoisotopic (exact) mass is 210 g/mol. The number of aromatic nitrogens is 2. The zero-order valence-electron chi connectivity index (χ0n) is 8.78. The lowest BCUT2D eigenvalue weighted by Crippen LogP contribution is -2.37. The zero-order chi connectivity index (χ0) is 10.7. The predicted octanol–water partition coefficient (Wildman–Crippen LogP) is 1.12. The van der Waals surface area contributed by atoms with Crippen molar-refractivity contribution in [3.05, 3.63) is 18.2 Å². The first-order valence-electron chi connectivity index (χ1n) is 5.16. The van der Waals surface area contributed by atoms with Crippen LogP contribution in [-0.2, 0) is 0 Å². The van der Waals surface area contributed by atoms with Crippen LogP contribution in [0.25, 0.3) is 0 Å². The van der Waals surface area contributed by atoms with Gasteiger partial charge in [-0.05, 0) is 33.0 Å². The van der Waals surface area contributed by atoms with Gasteiger partial charge in [-0.15, -0.1) is 0 Å². The van der Waals surface area contributed by atoms with Crippen molar-refractivity contribution in [3.63, 3.8) is 0 Å². The number of piperidine rings is 1. The van der Waals surface area contributed by atoms with Gasteiger partial charge in [-0.3, -0.25) is 0 Å². The zero-order valence-corrected chi connectivity index (χ0v) is 8.78. The lowest BCUT2D eigenvalue weighted by molar-refractivity contribution is 0.263. The van der Waals surface area contributed by atoms with E-state index >= 15 is 0 Å². The summed E-state index contributed by atoms with van der Waals surface area (Å²) in [5.41, 5.74) is 0. The van der Waals surface area contributed by atoms with Gasteiger partial charge < -0.3 is 10.2 Å². The molecule has 0 saturated carbocycles. The maximum atomic E-state index is 12.6. The molecule has 0 amide bonds. The summed E-state index contributed by atoms with van der Waals surface area (Å²) in [7, 11) is 2.12. The molecule has 1 aliphatic rings. The fraction of sp³-hybridized carbons (Fsp3) is 0.600. The molecule has 2 rings (SSSR count). The van der Waals surface area contributed by atoms with Crippen molar-refractivity contribution >= 4 is 5.95 Å². The Balaban J connectivity index is 1.89. The van der Waals surface area contributed by atoms with Crippen molar-refractivity contribution < 1.29 is 4.39 Å². The third-order valence-electron chi connectivity index (χ3n) is 2.67. The first kappa shape index (κ1) is 10.3. The molecule has 0 aliphatic carbocycles. The van der Waals surface area contributed by atoms with Crippen LogP contribution in [0.2, 0.25) is 0 Å². The summed E-state index contributed by atoms with van der Waals surface area (Å²) in [6.45, 7) is 2.16. The Morgan fingerprint density at radius 1 is 1.33 bits per heavy atom. The van der Waals surface area contributed by atoms with Crippen LogP contribution in [-0.4, -0.2) is 41.0 Å². The van der Waals surface area contributed by atoms with Crippen LogP contribution in [0.4, 0.5) is 10.3 Å². The smallest absolute Gasteiger partial charge is 0.222 e. The predicted molar refractivity (Wildman–Crippen MR) is 56.1 cm³/mol. The van der Waals surface area contributed by atoms with E-state index in [2.05, 4.69) is 27.2 Å². The maximum Gasteiger partial charge on any atom is 0.222 e. The first-order valence-corrected chi connectivity index (χ1v) is 5.16. The third-order valence-corrected chi connectivity index (χ3v) is 2.67. The van der Waals surface area contributed by atoms with Gasteiger partial charge >= 0.3 is 0 Å². The molecule has 15 heavy (non-hydrogen) atoms. The second-order valence-corrected chi connectivity index (χ2v) is 3.95. The molecule has 1 saturated heterocycles. The van der Waals surface area contributed by atoms with E-state index in [1.165, 1.54) is 12.4 Å². The molecule has 1 aromatic heterocycles. The molecule has 0 radical (unpaired) electrons. The molecule has 0 bridgehead atoms. The van der Waals surface area contributed by atoms with Crippen LogP contribution in [0.5, 0.6) is 0 Å². The van der Waals surface area contributed by atoms with E-state index in [4.69, 9.17) is 0 Å². The highest BCUT2D eigenvalue weighted by atomic mass is 19.1. The summed E-state index contributed by atoms with van der Waals surface area (Å²) in [6, 6.07) is 0.409. The fourth-order valence-electron chi connectivity index (χ4n) is 1.72. The van der Waals surface area contributed by atoms with Gasteiger partial charge in [-0.2, -0.15) is 0 Å². The Morgan fingerprint density at radius 2 is 1.93 bits per heavy atom. The normalized spacial score (nSPS) is 19.1. The second kappa shape index (κ2) is 4.53. The number of rotatable bonds is 2. The van der Waals surface area contributed by atoms with Crippen LogP contribution < -0.4 is 5.32 Å². The van der Waals surface area contributed by atoms with Crippen molar-refractivity contribution in [2.24, 2.45) is 0 Å². The Morgan fingerprint density at radius 3 is 2.53 bits per heavy atom. The Bertz CT molecular complexity index is 306. The SMILES string of the molecule is CN1CCC(Nc2ncc(F)cn2)CC1. The number of halogens is 1. The van der Waals surface area contributed by atoms with Crippen molar-refractivity contribution in [1.82, 2.24) is 14.9 Å². The van der Waals surface area contributed by atoms with Crippen LogP contribution >= 0.6 is 0 Å². The number of hydrogen-bond donors (Lipinski definition) is 1. The molecule has 0 atom stereocenters. The molecular formula is C10H15FN4. The summed E-state index contributed by atoms with van der Waals surface area (Å²) < 4.78 is 12.6. The lowest BCUT2D eigenvalue weighted by Gasteiger charge is -2.29. The summed E-state index contributed by atoms with van der Waals surface area (Å²) in [5, 5.41) is 3.21. The average Bonchev–Trinajstić information content (AvgIpc) is 2.25. The highest BCUT2D eigenvalue weighted by molar-refractivity contribution is 5.24. The van der Waals surface area contributed by atoms with Gasteiger partial charge in [-0.25, -0.2) is 14.4 Å². The minimum absolute atomic E-state index is 0.399. The van der Waals surface area contributed by atoms with Gasteiger partial charge in [0.15, 0.2) is 5.82 Å². The summed E-state index contributed by atoms with van der Waals surface area (Å²) in [5.74, 6) is 0.120. The number of anilines is 1. The van der Waals surface area contributed by atoms with Crippen LogP contribution in [0.1, 0.15) is 12.8 Å². The third kappa shape index (κ3) is 2.86. The molecule has 1 fully saturated rings. The quantitative estimate of drug-likeness (QED) is 0.794. The van der Waals surface area contributed by atoms with Gasteiger partial charge in [0.05, 0.1) is 12.4 Å². The van der Waals surface area contributed by atoms with Crippen molar-refractivity contribution in [2.75, 3.05) is 25.5 Å². The van der Waals surface area contributed by atoms with E-state index in [1.807, 2.05) is 0 Å². The Labute approximate surface area is 88.5 Å². The largest absolute Gasteiger partial charge is 0.351 e. The lowest BCUT2D eigenvalue weighted by atomic mass is 10.1. The van der Waals surface area contributed by atoms with Crippen molar-refractivity contribution in [3.8, 4) is 0 Å². The van der Waals surface area contributed by atoms with Crippen LogP contribution in [0, 0.1) is 5.82 Å². The Kier molecular flexibility index (Phi) is 3.11. The van der Waals surface area contributed by atoms with Crippen LogP contribution in [0.15, 0.2) is 12.4 Å². The number of likely N-dealkylation sites (tertiary alicyclic amines) is 1. The van der Waals surface area contributed by atoms with Crippen molar-refractivity contribution in [2.45, 2.75) is 18.9 Å². The highest BCUT2D eigenvalue weighted by Gasteiger charge is 2.16. The van der Waals surface area contributed by atoms with E-state index in [-0.39, 0.29) is 0 Å². The van der Waals surface area contributed by atoms with Gasteiger partial charge in [0.25, 0.3) is 0 Å². The Hall–Kier alpha value is -1.23. The highest BCUT2D eigenvalue weighted by Crippen LogP contribution is 2.12. The summed E-state index contributed by atoms with van der Waals surface area (Å²) in [6.07, 6.45) is 4.53. The number of hydrogen-bond acceptors (Lipinski definition) is 4. The molecule has 0 unspecified atom stereocenters. The topological polar surface area (TPSA) is 41.0 Å². The van der Waals surface area contributed by atoms with Gasteiger partial charge in [0.2, 0.25) is 5.95 Å². The molecule has 1 aromatic rings. The maximum absolute atomic E-state index is 12.6. The van der Waals surface area contributed by atoms with E-state index in [1.54, 1.807) is 0 Å². The molecule has 1 N–H and O–H groups in total. The first-order chi connectivity index (χ1) is 7.24. The van der Waals surface area contributed by atoms with E-state index < -0.39 is 5.82 Å².